The first-order chi connectivity index (χ1) is 13.1. The highest BCUT2D eigenvalue weighted by atomic mass is 32.2. The summed E-state index contributed by atoms with van der Waals surface area (Å²) in [6, 6.07) is 8.14. The van der Waals surface area contributed by atoms with E-state index in [0.717, 1.165) is 24.2 Å². The van der Waals surface area contributed by atoms with Gasteiger partial charge < -0.3 is 9.84 Å². The van der Waals surface area contributed by atoms with Gasteiger partial charge in [-0.2, -0.15) is 4.98 Å². The summed E-state index contributed by atoms with van der Waals surface area (Å²) in [5, 5.41) is 7.46. The van der Waals surface area contributed by atoms with E-state index in [-0.39, 0.29) is 17.5 Å². The monoisotopic (exact) mass is 384 g/mol. The summed E-state index contributed by atoms with van der Waals surface area (Å²) in [4.78, 5) is 20.8. The quantitative estimate of drug-likeness (QED) is 0.642. The summed E-state index contributed by atoms with van der Waals surface area (Å²) in [5.41, 5.74) is 1.82. The molecular weight excluding hydrogens is 367 g/mol. The minimum Gasteiger partial charge on any atom is -0.334 e. The largest absolute Gasteiger partial charge is 0.334 e. The lowest BCUT2D eigenvalue weighted by Crippen LogP contribution is -2.14. The standard InChI is InChI=1S/C19H17FN4O2S/c1-11-8-14(5-6-15(11)20)22-16(25)10-27-17-7-4-13(9-21-17)19-23-18(24-26-19)12-2-3-12/h4-9,12H,2-3,10H2,1H3,(H,22,25). The first kappa shape index (κ1) is 17.7. The predicted molar refractivity (Wildman–Crippen MR) is 100.0 cm³/mol. The van der Waals surface area contributed by atoms with Gasteiger partial charge in [0.2, 0.25) is 5.91 Å². The van der Waals surface area contributed by atoms with Crippen LogP contribution in [0.1, 0.15) is 30.1 Å². The van der Waals surface area contributed by atoms with Crippen molar-refractivity contribution < 1.29 is 13.7 Å². The van der Waals surface area contributed by atoms with Crippen LogP contribution in [-0.2, 0) is 4.79 Å². The molecule has 1 aliphatic rings. The highest BCUT2D eigenvalue weighted by molar-refractivity contribution is 7.99. The third kappa shape index (κ3) is 4.33. The molecule has 1 amide bonds. The molecule has 4 rings (SSSR count). The average molecular weight is 384 g/mol. The van der Waals surface area contributed by atoms with Crippen LogP contribution in [0.3, 0.4) is 0 Å². The Morgan fingerprint density at radius 3 is 2.89 bits per heavy atom. The van der Waals surface area contributed by atoms with Gasteiger partial charge >= 0.3 is 0 Å². The van der Waals surface area contributed by atoms with Crippen molar-refractivity contribution in [2.75, 3.05) is 11.1 Å². The molecule has 1 saturated carbocycles. The number of aromatic nitrogens is 3. The number of nitrogens with one attached hydrogen (secondary N) is 1. The Bertz CT molecular complexity index is 970. The van der Waals surface area contributed by atoms with Crippen molar-refractivity contribution in [1.82, 2.24) is 15.1 Å². The lowest BCUT2D eigenvalue weighted by molar-refractivity contribution is -0.113. The smallest absolute Gasteiger partial charge is 0.259 e. The fourth-order valence-electron chi connectivity index (χ4n) is 2.51. The van der Waals surface area contributed by atoms with Crippen LogP contribution >= 0.6 is 11.8 Å². The first-order valence-corrected chi connectivity index (χ1v) is 9.56. The fourth-order valence-corrected chi connectivity index (χ4v) is 3.15. The number of hydrogen-bond acceptors (Lipinski definition) is 6. The summed E-state index contributed by atoms with van der Waals surface area (Å²) in [6.07, 6.45) is 3.90. The maximum absolute atomic E-state index is 13.3. The van der Waals surface area contributed by atoms with Crippen molar-refractivity contribution >= 4 is 23.4 Å². The topological polar surface area (TPSA) is 80.9 Å². The molecule has 2 heterocycles. The number of amides is 1. The molecule has 0 atom stereocenters. The number of aryl methyl sites for hydroxylation is 1. The van der Waals surface area contributed by atoms with Crippen molar-refractivity contribution in [3.63, 3.8) is 0 Å². The van der Waals surface area contributed by atoms with Crippen molar-refractivity contribution in [3.8, 4) is 11.5 Å². The van der Waals surface area contributed by atoms with Gasteiger partial charge in [-0.3, -0.25) is 4.79 Å². The van der Waals surface area contributed by atoms with E-state index in [9.17, 15) is 9.18 Å². The zero-order valence-corrected chi connectivity index (χ0v) is 15.4. The average Bonchev–Trinajstić information content (AvgIpc) is 3.40. The lowest BCUT2D eigenvalue weighted by atomic mass is 10.2. The van der Waals surface area contributed by atoms with Crippen LogP contribution in [0.25, 0.3) is 11.5 Å². The van der Waals surface area contributed by atoms with Gasteiger partial charge in [-0.05, 0) is 55.7 Å². The molecule has 1 aliphatic carbocycles. The number of benzene rings is 1. The molecule has 0 saturated heterocycles. The maximum Gasteiger partial charge on any atom is 0.259 e. The lowest BCUT2D eigenvalue weighted by Gasteiger charge is -2.06. The van der Waals surface area contributed by atoms with E-state index in [2.05, 4.69) is 20.4 Å². The second kappa shape index (κ2) is 7.48. The van der Waals surface area contributed by atoms with Crippen molar-refractivity contribution in [2.24, 2.45) is 0 Å². The van der Waals surface area contributed by atoms with Crippen molar-refractivity contribution in [2.45, 2.75) is 30.7 Å². The molecule has 27 heavy (non-hydrogen) atoms. The SMILES string of the molecule is Cc1cc(NC(=O)CSc2ccc(-c3nc(C4CC4)no3)cn2)ccc1F. The Kier molecular flexibility index (Phi) is 4.89. The number of thioether (sulfide) groups is 1. The van der Waals surface area contributed by atoms with Crippen LogP contribution in [0.4, 0.5) is 10.1 Å². The number of anilines is 1. The molecule has 1 N–H and O–H groups in total. The van der Waals surface area contributed by atoms with E-state index >= 15 is 0 Å². The Balaban J connectivity index is 1.32. The second-order valence-corrected chi connectivity index (χ2v) is 7.41. The number of halogens is 1. The van der Waals surface area contributed by atoms with Gasteiger partial charge in [0.1, 0.15) is 5.82 Å². The van der Waals surface area contributed by atoms with E-state index in [1.165, 1.54) is 23.9 Å². The van der Waals surface area contributed by atoms with Gasteiger partial charge in [0.15, 0.2) is 5.82 Å². The van der Waals surface area contributed by atoms with E-state index < -0.39 is 0 Å². The van der Waals surface area contributed by atoms with Gasteiger partial charge in [0, 0.05) is 17.8 Å². The number of hydrogen-bond donors (Lipinski definition) is 1. The molecule has 6 nitrogen and oxygen atoms in total. The summed E-state index contributed by atoms with van der Waals surface area (Å²) >= 11 is 1.32. The van der Waals surface area contributed by atoms with E-state index in [1.807, 2.05) is 12.1 Å². The molecule has 8 heteroatoms. The third-order valence-electron chi connectivity index (χ3n) is 4.16. The Morgan fingerprint density at radius 1 is 1.33 bits per heavy atom. The predicted octanol–water partition coefficient (Wildman–Crippen LogP) is 4.19. The molecule has 0 spiro atoms. The molecular formula is C19H17FN4O2S. The Labute approximate surface area is 159 Å². The molecule has 2 aromatic heterocycles. The Morgan fingerprint density at radius 2 is 2.19 bits per heavy atom. The second-order valence-electron chi connectivity index (χ2n) is 6.42. The van der Waals surface area contributed by atoms with E-state index in [4.69, 9.17) is 4.52 Å². The molecule has 0 unspecified atom stereocenters. The Hall–Kier alpha value is -2.74. The van der Waals surface area contributed by atoms with Crippen molar-refractivity contribution in [1.29, 1.82) is 0 Å². The zero-order valence-electron chi connectivity index (χ0n) is 14.6. The summed E-state index contributed by atoms with van der Waals surface area (Å²) in [6.45, 7) is 1.65. The van der Waals surface area contributed by atoms with Gasteiger partial charge in [-0.25, -0.2) is 9.37 Å². The van der Waals surface area contributed by atoms with Crippen LogP contribution < -0.4 is 5.32 Å². The molecule has 0 aliphatic heterocycles. The number of carbonyl (C=O) groups excluding carboxylic acids is 1. The minimum absolute atomic E-state index is 0.178. The number of pyridine rings is 1. The molecule has 0 radical (unpaired) electrons. The molecule has 0 bridgehead atoms. The van der Waals surface area contributed by atoms with E-state index in [1.54, 1.807) is 19.2 Å². The van der Waals surface area contributed by atoms with Gasteiger partial charge in [-0.15, -0.1) is 0 Å². The van der Waals surface area contributed by atoms with Gasteiger partial charge in [0.05, 0.1) is 16.3 Å². The number of nitrogens with zero attached hydrogens (tertiary/aromatic N) is 3. The maximum atomic E-state index is 13.3. The normalized spacial score (nSPS) is 13.6. The first-order valence-electron chi connectivity index (χ1n) is 8.57. The van der Waals surface area contributed by atoms with Crippen LogP contribution in [-0.4, -0.2) is 26.8 Å². The number of rotatable bonds is 6. The van der Waals surface area contributed by atoms with Crippen LogP contribution in [0.2, 0.25) is 0 Å². The minimum atomic E-state index is -0.294. The van der Waals surface area contributed by atoms with Gasteiger partial charge in [-0.1, -0.05) is 16.9 Å². The zero-order chi connectivity index (χ0) is 18.8. The fraction of sp³-hybridized carbons (Fsp3) is 0.263. The van der Waals surface area contributed by atoms with E-state index in [0.29, 0.717) is 28.1 Å². The van der Waals surface area contributed by atoms with Gasteiger partial charge in [0.25, 0.3) is 5.89 Å². The van der Waals surface area contributed by atoms with Crippen LogP contribution in [0.5, 0.6) is 0 Å². The highest BCUT2D eigenvalue weighted by Crippen LogP contribution is 2.38. The third-order valence-corrected chi connectivity index (χ3v) is 5.10. The molecule has 138 valence electrons. The molecule has 1 fully saturated rings. The van der Waals surface area contributed by atoms with Crippen LogP contribution in [0, 0.1) is 12.7 Å². The summed E-state index contributed by atoms with van der Waals surface area (Å²) in [7, 11) is 0. The van der Waals surface area contributed by atoms with Crippen molar-refractivity contribution in [3.05, 3.63) is 53.7 Å². The highest BCUT2D eigenvalue weighted by Gasteiger charge is 2.29. The summed E-state index contributed by atoms with van der Waals surface area (Å²) < 4.78 is 18.5. The summed E-state index contributed by atoms with van der Waals surface area (Å²) in [5.74, 6) is 1.39. The van der Waals surface area contributed by atoms with Crippen LogP contribution in [0.15, 0.2) is 46.1 Å². The molecule has 1 aromatic carbocycles. The number of carbonyl (C=O) groups is 1. The molecule has 3 aromatic rings.